The second kappa shape index (κ2) is 6.55. The summed E-state index contributed by atoms with van der Waals surface area (Å²) >= 11 is 12.1. The number of nitrogens with zero attached hydrogens (tertiary/aromatic N) is 1. The van der Waals surface area contributed by atoms with Gasteiger partial charge in [-0.05, 0) is 37.0 Å². The quantitative estimate of drug-likeness (QED) is 0.917. The van der Waals surface area contributed by atoms with Gasteiger partial charge in [-0.3, -0.25) is 4.79 Å². The van der Waals surface area contributed by atoms with Gasteiger partial charge in [0.2, 0.25) is 5.91 Å². The summed E-state index contributed by atoms with van der Waals surface area (Å²) in [5, 5.41) is 1.00. The lowest BCUT2D eigenvalue weighted by Gasteiger charge is -2.35. The molecular weight excluding hydrogens is 307 g/mol. The molecule has 1 amide bonds. The maximum Gasteiger partial charge on any atom is 0.233 e. The van der Waals surface area contributed by atoms with Crippen LogP contribution in [0.5, 0.6) is 0 Å². The van der Waals surface area contributed by atoms with Crippen LogP contribution < -0.4 is 5.73 Å². The number of likely N-dealkylation sites (tertiary alicyclic amines) is 1. The van der Waals surface area contributed by atoms with Crippen LogP contribution in [0.4, 0.5) is 0 Å². The summed E-state index contributed by atoms with van der Waals surface area (Å²) in [7, 11) is 0. The molecule has 0 radical (unpaired) electrons. The first kappa shape index (κ1) is 16.6. The van der Waals surface area contributed by atoms with E-state index in [9.17, 15) is 4.79 Å². The number of benzene rings is 1. The van der Waals surface area contributed by atoms with E-state index in [0.717, 1.165) is 31.4 Å². The van der Waals surface area contributed by atoms with Crippen molar-refractivity contribution in [1.82, 2.24) is 4.90 Å². The van der Waals surface area contributed by atoms with Gasteiger partial charge in [0.1, 0.15) is 0 Å². The summed E-state index contributed by atoms with van der Waals surface area (Å²) in [6, 6.07) is 5.59. The lowest BCUT2D eigenvalue weighted by Crippen LogP contribution is -2.46. The minimum absolute atomic E-state index is 0.0918. The second-order valence-electron chi connectivity index (χ2n) is 5.72. The average molecular weight is 329 g/mol. The topological polar surface area (TPSA) is 46.3 Å². The van der Waals surface area contributed by atoms with Crippen molar-refractivity contribution in [3.8, 4) is 0 Å². The Labute approximate surface area is 136 Å². The molecular formula is C16H22Cl2N2O. The van der Waals surface area contributed by atoms with E-state index in [-0.39, 0.29) is 11.9 Å². The zero-order valence-corrected chi connectivity index (χ0v) is 14.0. The first-order valence-electron chi connectivity index (χ1n) is 7.45. The Kier molecular flexibility index (Phi) is 5.18. The van der Waals surface area contributed by atoms with Gasteiger partial charge in [-0.25, -0.2) is 0 Å². The van der Waals surface area contributed by atoms with Crippen LogP contribution in [0.2, 0.25) is 10.0 Å². The molecule has 1 fully saturated rings. The van der Waals surface area contributed by atoms with Crippen molar-refractivity contribution >= 4 is 29.1 Å². The summed E-state index contributed by atoms with van der Waals surface area (Å²) in [6.07, 6.45) is 2.33. The molecule has 1 aromatic carbocycles. The van der Waals surface area contributed by atoms with Crippen molar-refractivity contribution in [2.24, 2.45) is 5.73 Å². The molecule has 21 heavy (non-hydrogen) atoms. The summed E-state index contributed by atoms with van der Waals surface area (Å²) in [4.78, 5) is 15.0. The number of carbonyl (C=O) groups excluding carboxylic acids is 1. The van der Waals surface area contributed by atoms with Gasteiger partial charge < -0.3 is 10.6 Å². The van der Waals surface area contributed by atoms with Gasteiger partial charge in [0.05, 0.1) is 15.5 Å². The van der Waals surface area contributed by atoms with Crippen molar-refractivity contribution < 1.29 is 4.79 Å². The first-order chi connectivity index (χ1) is 9.94. The zero-order chi connectivity index (χ0) is 15.6. The zero-order valence-electron chi connectivity index (χ0n) is 12.5. The largest absolute Gasteiger partial charge is 0.340 e. The fourth-order valence-electron chi connectivity index (χ4n) is 3.15. The van der Waals surface area contributed by atoms with Gasteiger partial charge in [-0.15, -0.1) is 0 Å². The van der Waals surface area contributed by atoms with E-state index in [1.807, 2.05) is 30.9 Å². The highest BCUT2D eigenvalue weighted by Gasteiger charge is 2.41. The molecule has 1 aromatic rings. The highest BCUT2D eigenvalue weighted by molar-refractivity contribution is 6.42. The van der Waals surface area contributed by atoms with E-state index in [0.29, 0.717) is 16.6 Å². The Morgan fingerprint density at radius 2 is 2.00 bits per heavy atom. The molecule has 1 heterocycles. The van der Waals surface area contributed by atoms with E-state index >= 15 is 0 Å². The molecule has 1 aliphatic rings. The highest BCUT2D eigenvalue weighted by atomic mass is 35.5. The predicted octanol–water partition coefficient (Wildman–Crippen LogP) is 3.61. The number of rotatable bonds is 4. The molecule has 1 aliphatic heterocycles. The van der Waals surface area contributed by atoms with Gasteiger partial charge in [-0.2, -0.15) is 0 Å². The van der Waals surface area contributed by atoms with Crippen LogP contribution in [0.25, 0.3) is 0 Å². The van der Waals surface area contributed by atoms with E-state index in [1.165, 1.54) is 0 Å². The third-order valence-corrected chi connectivity index (χ3v) is 5.34. The standard InChI is InChI=1S/C16H22Cl2N2O/c1-3-16(4-2,11-5-6-13(17)14(18)9-11)15(21)20-8-7-12(19)10-20/h5-6,9,12H,3-4,7-8,10,19H2,1-2H3/t12-/m1/s1. The molecule has 0 spiro atoms. The SMILES string of the molecule is CCC(CC)(C(=O)N1CC[C@@H](N)C1)c1ccc(Cl)c(Cl)c1. The number of halogens is 2. The van der Waals surface area contributed by atoms with Crippen LogP contribution in [0, 0.1) is 0 Å². The third-order valence-electron chi connectivity index (χ3n) is 4.60. The van der Waals surface area contributed by atoms with E-state index < -0.39 is 5.41 Å². The molecule has 5 heteroatoms. The molecule has 2 N–H and O–H groups in total. The van der Waals surface area contributed by atoms with Crippen molar-refractivity contribution in [3.05, 3.63) is 33.8 Å². The van der Waals surface area contributed by atoms with Crippen LogP contribution in [0.1, 0.15) is 38.7 Å². The van der Waals surface area contributed by atoms with E-state index in [4.69, 9.17) is 28.9 Å². The van der Waals surface area contributed by atoms with Gasteiger partial charge >= 0.3 is 0 Å². The van der Waals surface area contributed by atoms with Crippen LogP contribution in [0.3, 0.4) is 0 Å². The summed E-state index contributed by atoms with van der Waals surface area (Å²) in [5.41, 5.74) is 6.33. The minimum Gasteiger partial charge on any atom is -0.340 e. The minimum atomic E-state index is -0.543. The average Bonchev–Trinajstić information content (AvgIpc) is 2.91. The number of carbonyl (C=O) groups is 1. The molecule has 0 unspecified atom stereocenters. The van der Waals surface area contributed by atoms with Gasteiger partial charge in [0.25, 0.3) is 0 Å². The molecule has 2 rings (SSSR count). The molecule has 0 bridgehead atoms. The first-order valence-corrected chi connectivity index (χ1v) is 8.20. The number of hydrogen-bond acceptors (Lipinski definition) is 2. The molecule has 0 aliphatic carbocycles. The Balaban J connectivity index is 2.39. The fourth-order valence-corrected chi connectivity index (χ4v) is 3.45. The third kappa shape index (κ3) is 3.05. The van der Waals surface area contributed by atoms with E-state index in [2.05, 4.69) is 0 Å². The van der Waals surface area contributed by atoms with Gasteiger partial charge in [0.15, 0.2) is 0 Å². The Hall–Kier alpha value is -0.770. The molecule has 116 valence electrons. The number of nitrogens with two attached hydrogens (primary N) is 1. The van der Waals surface area contributed by atoms with Crippen LogP contribution in [-0.2, 0) is 10.2 Å². The van der Waals surface area contributed by atoms with Crippen LogP contribution >= 0.6 is 23.2 Å². The van der Waals surface area contributed by atoms with Crippen molar-refractivity contribution in [2.45, 2.75) is 44.6 Å². The van der Waals surface area contributed by atoms with Crippen molar-refractivity contribution in [2.75, 3.05) is 13.1 Å². The number of amides is 1. The van der Waals surface area contributed by atoms with Crippen LogP contribution in [-0.4, -0.2) is 29.9 Å². The maximum atomic E-state index is 13.1. The fraction of sp³-hybridized carbons (Fsp3) is 0.562. The molecule has 1 atom stereocenters. The van der Waals surface area contributed by atoms with Crippen molar-refractivity contribution in [3.63, 3.8) is 0 Å². The monoisotopic (exact) mass is 328 g/mol. The molecule has 3 nitrogen and oxygen atoms in total. The lowest BCUT2D eigenvalue weighted by molar-refractivity contribution is -0.136. The number of hydrogen-bond donors (Lipinski definition) is 1. The normalized spacial score (nSPS) is 19.1. The molecule has 0 aromatic heterocycles. The van der Waals surface area contributed by atoms with Crippen molar-refractivity contribution in [1.29, 1.82) is 0 Å². The predicted molar refractivity (Wildman–Crippen MR) is 87.9 cm³/mol. The summed E-state index contributed by atoms with van der Waals surface area (Å²) in [6.45, 7) is 5.46. The summed E-state index contributed by atoms with van der Waals surface area (Å²) < 4.78 is 0. The van der Waals surface area contributed by atoms with Crippen LogP contribution in [0.15, 0.2) is 18.2 Å². The molecule has 1 saturated heterocycles. The molecule has 0 saturated carbocycles. The smallest absolute Gasteiger partial charge is 0.233 e. The Morgan fingerprint density at radius 1 is 1.33 bits per heavy atom. The van der Waals surface area contributed by atoms with E-state index in [1.54, 1.807) is 6.07 Å². The van der Waals surface area contributed by atoms with Gasteiger partial charge in [0, 0.05) is 19.1 Å². The second-order valence-corrected chi connectivity index (χ2v) is 6.53. The van der Waals surface area contributed by atoms with Gasteiger partial charge in [-0.1, -0.05) is 43.1 Å². The Bertz CT molecular complexity index is 529. The maximum absolute atomic E-state index is 13.1. The summed E-state index contributed by atoms with van der Waals surface area (Å²) in [5.74, 6) is 0.152. The highest BCUT2D eigenvalue weighted by Crippen LogP contribution is 2.37. The lowest BCUT2D eigenvalue weighted by atomic mass is 9.74. The Morgan fingerprint density at radius 3 is 2.48 bits per heavy atom.